The lowest BCUT2D eigenvalue weighted by molar-refractivity contribution is -0.120. The Bertz CT molecular complexity index is 1190. The standard InChI is InChI=1S/C27H22N2O2S/c1-19-11-6-8-17-23(19)28-25(30)22(16-10-15-21-13-4-3-5-14-21)26(31)29(27(28)32)24-18-9-7-12-20(24)2/h3-18H,1-2H3. The van der Waals surface area contributed by atoms with Crippen molar-refractivity contribution >= 4 is 46.6 Å². The molecular weight excluding hydrogens is 416 g/mol. The van der Waals surface area contributed by atoms with E-state index in [4.69, 9.17) is 12.2 Å². The van der Waals surface area contributed by atoms with Gasteiger partial charge in [0.05, 0.1) is 11.4 Å². The van der Waals surface area contributed by atoms with Gasteiger partial charge in [-0.25, -0.2) is 0 Å². The third-order valence-corrected chi connectivity index (χ3v) is 5.68. The molecule has 0 saturated carbocycles. The van der Waals surface area contributed by atoms with Gasteiger partial charge < -0.3 is 0 Å². The molecule has 0 atom stereocenters. The van der Waals surface area contributed by atoms with Crippen LogP contribution in [0.3, 0.4) is 0 Å². The van der Waals surface area contributed by atoms with Gasteiger partial charge in [-0.3, -0.25) is 19.4 Å². The van der Waals surface area contributed by atoms with E-state index in [1.165, 1.54) is 9.80 Å². The number of anilines is 2. The Kier molecular flexibility index (Phi) is 6.10. The van der Waals surface area contributed by atoms with Gasteiger partial charge in [0, 0.05) is 0 Å². The predicted octanol–water partition coefficient (Wildman–Crippen LogP) is 5.61. The van der Waals surface area contributed by atoms with Crippen LogP contribution in [0.25, 0.3) is 6.08 Å². The summed E-state index contributed by atoms with van der Waals surface area (Å²) in [5.41, 5.74) is 4.13. The summed E-state index contributed by atoms with van der Waals surface area (Å²) in [6.07, 6.45) is 5.15. The molecule has 1 fully saturated rings. The quantitative estimate of drug-likeness (QED) is 0.302. The highest BCUT2D eigenvalue weighted by Gasteiger charge is 2.41. The monoisotopic (exact) mass is 438 g/mol. The minimum absolute atomic E-state index is 0.0530. The van der Waals surface area contributed by atoms with E-state index in [9.17, 15) is 9.59 Å². The lowest BCUT2D eigenvalue weighted by atomic mass is 10.1. The zero-order valence-corrected chi connectivity index (χ0v) is 18.7. The van der Waals surface area contributed by atoms with Gasteiger partial charge in [-0.1, -0.05) is 78.9 Å². The second kappa shape index (κ2) is 9.12. The summed E-state index contributed by atoms with van der Waals surface area (Å²) in [6.45, 7) is 3.83. The fourth-order valence-corrected chi connectivity index (χ4v) is 3.98. The molecular formula is C27H22N2O2S. The van der Waals surface area contributed by atoms with Gasteiger partial charge >= 0.3 is 0 Å². The molecule has 0 N–H and O–H groups in total. The van der Waals surface area contributed by atoms with Crippen LogP contribution in [0, 0.1) is 13.8 Å². The summed E-state index contributed by atoms with van der Waals surface area (Å²) in [7, 11) is 0. The number of nitrogens with zero attached hydrogens (tertiary/aromatic N) is 2. The maximum absolute atomic E-state index is 13.5. The number of rotatable bonds is 4. The number of carbonyl (C=O) groups excluding carboxylic acids is 2. The Balaban J connectivity index is 1.83. The van der Waals surface area contributed by atoms with E-state index in [2.05, 4.69) is 0 Å². The fraction of sp³-hybridized carbons (Fsp3) is 0.0741. The van der Waals surface area contributed by atoms with E-state index in [-0.39, 0.29) is 10.7 Å². The van der Waals surface area contributed by atoms with Crippen LogP contribution in [0.1, 0.15) is 16.7 Å². The number of hydrogen-bond donors (Lipinski definition) is 0. The van der Waals surface area contributed by atoms with Crippen molar-refractivity contribution in [1.82, 2.24) is 0 Å². The first-order valence-electron chi connectivity index (χ1n) is 10.3. The molecule has 4 rings (SSSR count). The average molecular weight is 439 g/mol. The van der Waals surface area contributed by atoms with Gasteiger partial charge in [-0.15, -0.1) is 0 Å². The Labute approximate surface area is 193 Å². The number of aryl methyl sites for hydroxylation is 2. The van der Waals surface area contributed by atoms with Gasteiger partial charge in [0.2, 0.25) is 0 Å². The van der Waals surface area contributed by atoms with Gasteiger partial charge in [-0.05, 0) is 61.0 Å². The van der Waals surface area contributed by atoms with Gasteiger partial charge in [0.25, 0.3) is 11.8 Å². The maximum atomic E-state index is 13.5. The number of allylic oxidation sites excluding steroid dienone is 2. The number of carbonyl (C=O) groups is 2. The second-order valence-electron chi connectivity index (χ2n) is 7.49. The summed E-state index contributed by atoms with van der Waals surface area (Å²) in [5.74, 6) is -0.867. The highest BCUT2D eigenvalue weighted by Crippen LogP contribution is 2.32. The molecule has 1 saturated heterocycles. The van der Waals surface area contributed by atoms with Crippen LogP contribution >= 0.6 is 12.2 Å². The Hall–Kier alpha value is -3.83. The smallest absolute Gasteiger partial charge is 0.268 e. The number of thiocarbonyl (C=S) groups is 1. The van der Waals surface area contributed by atoms with Crippen LogP contribution in [0.5, 0.6) is 0 Å². The number of hydrogen-bond acceptors (Lipinski definition) is 3. The minimum atomic E-state index is -0.433. The van der Waals surface area contributed by atoms with E-state index >= 15 is 0 Å². The molecule has 5 heteroatoms. The Morgan fingerprint density at radius 1 is 0.688 bits per heavy atom. The first kappa shape index (κ1) is 21.4. The summed E-state index contributed by atoms with van der Waals surface area (Å²) in [4.78, 5) is 29.9. The van der Waals surface area contributed by atoms with Crippen LogP contribution in [-0.4, -0.2) is 16.9 Å². The number of para-hydroxylation sites is 2. The number of amides is 2. The summed E-state index contributed by atoms with van der Waals surface area (Å²) < 4.78 is 0. The Morgan fingerprint density at radius 2 is 1.16 bits per heavy atom. The van der Waals surface area contributed by atoms with Crippen molar-refractivity contribution in [3.05, 3.63) is 113 Å². The van der Waals surface area contributed by atoms with Gasteiger partial charge in [0.1, 0.15) is 5.57 Å². The third-order valence-electron chi connectivity index (χ3n) is 5.31. The fourth-order valence-electron chi connectivity index (χ4n) is 3.62. The van der Waals surface area contributed by atoms with Crippen LogP contribution < -0.4 is 9.80 Å². The van der Waals surface area contributed by atoms with E-state index < -0.39 is 11.8 Å². The first-order valence-corrected chi connectivity index (χ1v) is 10.7. The summed E-state index contributed by atoms with van der Waals surface area (Å²) >= 11 is 5.69. The molecule has 158 valence electrons. The maximum Gasteiger partial charge on any atom is 0.270 e. The highest BCUT2D eigenvalue weighted by molar-refractivity contribution is 7.81. The van der Waals surface area contributed by atoms with Crippen molar-refractivity contribution in [3.63, 3.8) is 0 Å². The van der Waals surface area contributed by atoms with Crippen LogP contribution in [-0.2, 0) is 9.59 Å². The lowest BCUT2D eigenvalue weighted by Gasteiger charge is -2.37. The molecule has 0 radical (unpaired) electrons. The second-order valence-corrected chi connectivity index (χ2v) is 7.85. The molecule has 2 amide bonds. The van der Waals surface area contributed by atoms with Crippen molar-refractivity contribution < 1.29 is 9.59 Å². The molecule has 3 aromatic carbocycles. The average Bonchev–Trinajstić information content (AvgIpc) is 2.79. The molecule has 3 aromatic rings. The molecule has 0 aromatic heterocycles. The summed E-state index contributed by atoms with van der Waals surface area (Å²) in [6, 6.07) is 24.7. The molecule has 32 heavy (non-hydrogen) atoms. The van der Waals surface area contributed by atoms with Gasteiger partial charge in [-0.2, -0.15) is 0 Å². The van der Waals surface area contributed by atoms with Crippen molar-refractivity contribution in [1.29, 1.82) is 0 Å². The van der Waals surface area contributed by atoms with Crippen LogP contribution in [0.15, 0.2) is 96.6 Å². The number of benzene rings is 3. The van der Waals surface area contributed by atoms with Crippen LogP contribution in [0.2, 0.25) is 0 Å². The molecule has 1 heterocycles. The van der Waals surface area contributed by atoms with E-state index in [1.807, 2.05) is 98.8 Å². The molecule has 4 nitrogen and oxygen atoms in total. The normalized spacial score (nSPS) is 14.4. The third kappa shape index (κ3) is 4.03. The van der Waals surface area contributed by atoms with Crippen molar-refractivity contribution in [2.24, 2.45) is 0 Å². The molecule has 0 bridgehead atoms. The van der Waals surface area contributed by atoms with Crippen molar-refractivity contribution in [2.75, 3.05) is 9.80 Å². The molecule has 0 unspecified atom stereocenters. The van der Waals surface area contributed by atoms with Gasteiger partial charge in [0.15, 0.2) is 5.11 Å². The highest BCUT2D eigenvalue weighted by atomic mass is 32.1. The van der Waals surface area contributed by atoms with E-state index in [1.54, 1.807) is 12.2 Å². The SMILES string of the molecule is Cc1ccccc1N1C(=O)C(=CC=Cc2ccccc2)C(=O)N(c2ccccc2C)C1=S. The molecule has 0 spiro atoms. The topological polar surface area (TPSA) is 40.6 Å². The zero-order chi connectivity index (χ0) is 22.7. The zero-order valence-electron chi connectivity index (χ0n) is 17.9. The van der Waals surface area contributed by atoms with E-state index in [0.717, 1.165) is 16.7 Å². The van der Waals surface area contributed by atoms with Crippen molar-refractivity contribution in [2.45, 2.75) is 13.8 Å². The lowest BCUT2D eigenvalue weighted by Crippen LogP contribution is -2.57. The minimum Gasteiger partial charge on any atom is -0.268 e. The molecule has 1 aliphatic heterocycles. The first-order chi connectivity index (χ1) is 15.5. The molecule has 1 aliphatic rings. The van der Waals surface area contributed by atoms with Crippen LogP contribution in [0.4, 0.5) is 11.4 Å². The Morgan fingerprint density at radius 3 is 1.66 bits per heavy atom. The van der Waals surface area contributed by atoms with E-state index in [0.29, 0.717) is 11.4 Å². The molecule has 0 aliphatic carbocycles. The predicted molar refractivity (Wildman–Crippen MR) is 133 cm³/mol. The summed E-state index contributed by atoms with van der Waals surface area (Å²) in [5, 5.41) is 0.146. The largest absolute Gasteiger partial charge is 0.270 e. The van der Waals surface area contributed by atoms with Crippen molar-refractivity contribution in [3.8, 4) is 0 Å².